The Bertz CT molecular complexity index is 730. The topological polar surface area (TPSA) is 58.5 Å². The van der Waals surface area contributed by atoms with E-state index in [0.717, 1.165) is 48.5 Å². The Kier molecular flexibility index (Phi) is 5.57. The van der Waals surface area contributed by atoms with Crippen molar-refractivity contribution in [3.05, 3.63) is 16.8 Å². The van der Waals surface area contributed by atoms with Gasteiger partial charge in [0.15, 0.2) is 0 Å². The highest BCUT2D eigenvalue weighted by atomic mass is 32.2. The van der Waals surface area contributed by atoms with Crippen LogP contribution in [-0.2, 0) is 17.6 Å². The lowest BCUT2D eigenvalue weighted by molar-refractivity contribution is 0.0188. The van der Waals surface area contributed by atoms with Crippen LogP contribution >= 0.6 is 23.1 Å². The number of aliphatic hydroxyl groups is 1. The number of hydrogen-bond donors (Lipinski definition) is 1. The molecule has 4 rings (SSSR count). The summed E-state index contributed by atoms with van der Waals surface area (Å²) < 4.78 is 5.37. The van der Waals surface area contributed by atoms with Crippen LogP contribution in [-0.4, -0.2) is 64.7 Å². The highest BCUT2D eigenvalue weighted by Gasteiger charge is 2.23. The van der Waals surface area contributed by atoms with Gasteiger partial charge in [-0.1, -0.05) is 6.92 Å². The first-order valence-corrected chi connectivity index (χ1v) is 10.9. The Morgan fingerprint density at radius 3 is 3.08 bits per heavy atom. The third-order valence-electron chi connectivity index (χ3n) is 5.04. The van der Waals surface area contributed by atoms with Crippen molar-refractivity contribution in [2.45, 2.75) is 37.3 Å². The van der Waals surface area contributed by atoms with Crippen molar-refractivity contribution in [1.82, 2.24) is 14.9 Å². The fraction of sp³-hybridized carbons (Fsp3) is 0.667. The maximum Gasteiger partial charge on any atom is 0.128 e. The predicted molar refractivity (Wildman–Crippen MR) is 103 cm³/mol. The Morgan fingerprint density at radius 1 is 1.40 bits per heavy atom. The van der Waals surface area contributed by atoms with Crippen molar-refractivity contribution in [1.29, 1.82) is 0 Å². The summed E-state index contributed by atoms with van der Waals surface area (Å²) in [7, 11) is 0. The normalized spacial score (nSPS) is 22.9. The van der Waals surface area contributed by atoms with Crippen LogP contribution in [0.1, 0.15) is 23.8 Å². The number of aryl methyl sites for hydroxylation is 1. The first kappa shape index (κ1) is 17.7. The minimum absolute atomic E-state index is 0.345. The van der Waals surface area contributed by atoms with E-state index in [9.17, 15) is 5.11 Å². The Hall–Kier alpha value is -0.730. The molecule has 136 valence electrons. The minimum Gasteiger partial charge on any atom is -0.391 e. The Morgan fingerprint density at radius 2 is 2.24 bits per heavy atom. The quantitative estimate of drug-likeness (QED) is 0.637. The van der Waals surface area contributed by atoms with Gasteiger partial charge in [0.25, 0.3) is 0 Å². The van der Waals surface area contributed by atoms with Crippen molar-refractivity contribution < 1.29 is 9.84 Å². The van der Waals surface area contributed by atoms with Crippen LogP contribution in [0.25, 0.3) is 10.2 Å². The molecule has 0 amide bonds. The third-order valence-corrected chi connectivity index (χ3v) is 7.34. The van der Waals surface area contributed by atoms with Crippen LogP contribution in [0.2, 0.25) is 0 Å². The van der Waals surface area contributed by atoms with E-state index < -0.39 is 0 Å². The Labute approximate surface area is 156 Å². The van der Waals surface area contributed by atoms with Gasteiger partial charge in [0.2, 0.25) is 0 Å². The largest absolute Gasteiger partial charge is 0.391 e. The molecular formula is C18H25N3O2S2. The molecule has 0 bridgehead atoms. The van der Waals surface area contributed by atoms with Gasteiger partial charge < -0.3 is 9.84 Å². The molecule has 7 heteroatoms. The summed E-state index contributed by atoms with van der Waals surface area (Å²) >= 11 is 3.50. The molecule has 1 aliphatic carbocycles. The number of aliphatic hydroxyl groups excluding tert-OH is 1. The number of fused-ring (bicyclic) bond motifs is 3. The molecule has 2 aromatic heterocycles. The number of aromatic nitrogens is 2. The molecule has 2 aliphatic rings. The van der Waals surface area contributed by atoms with Crippen LogP contribution in [0.4, 0.5) is 0 Å². The summed E-state index contributed by atoms with van der Waals surface area (Å²) in [6, 6.07) is 0. The summed E-state index contributed by atoms with van der Waals surface area (Å²) in [6.45, 7) is 6.41. The van der Waals surface area contributed by atoms with E-state index in [1.54, 1.807) is 18.1 Å². The summed E-state index contributed by atoms with van der Waals surface area (Å²) in [5, 5.41) is 12.7. The number of ether oxygens (including phenoxy) is 1. The van der Waals surface area contributed by atoms with Crippen LogP contribution in [0.15, 0.2) is 11.4 Å². The second-order valence-electron chi connectivity index (χ2n) is 7.09. The molecule has 1 fully saturated rings. The van der Waals surface area contributed by atoms with Gasteiger partial charge in [0.1, 0.15) is 16.2 Å². The molecule has 0 spiro atoms. The van der Waals surface area contributed by atoms with Crippen LogP contribution in [0, 0.1) is 5.92 Å². The zero-order chi connectivity index (χ0) is 17.2. The molecule has 0 saturated carbocycles. The minimum atomic E-state index is -0.345. The second kappa shape index (κ2) is 7.88. The van der Waals surface area contributed by atoms with Crippen molar-refractivity contribution in [2.75, 3.05) is 38.6 Å². The zero-order valence-electron chi connectivity index (χ0n) is 14.6. The van der Waals surface area contributed by atoms with E-state index in [-0.39, 0.29) is 6.10 Å². The molecule has 1 N–H and O–H groups in total. The molecule has 25 heavy (non-hydrogen) atoms. The lowest BCUT2D eigenvalue weighted by Crippen LogP contribution is -2.41. The maximum absolute atomic E-state index is 10.4. The molecule has 1 saturated heterocycles. The molecule has 2 aromatic rings. The van der Waals surface area contributed by atoms with Crippen molar-refractivity contribution in [3.63, 3.8) is 0 Å². The summed E-state index contributed by atoms with van der Waals surface area (Å²) in [6.07, 6.45) is 4.87. The molecular weight excluding hydrogens is 354 g/mol. The summed E-state index contributed by atoms with van der Waals surface area (Å²) in [5.41, 5.74) is 1.46. The number of thioether (sulfide) groups is 1. The maximum atomic E-state index is 10.4. The molecule has 1 aliphatic heterocycles. The van der Waals surface area contributed by atoms with Gasteiger partial charge >= 0.3 is 0 Å². The first-order valence-electron chi connectivity index (χ1n) is 9.07. The van der Waals surface area contributed by atoms with E-state index >= 15 is 0 Å². The van der Waals surface area contributed by atoms with Crippen molar-refractivity contribution in [2.24, 2.45) is 5.92 Å². The fourth-order valence-electron chi connectivity index (χ4n) is 3.67. The van der Waals surface area contributed by atoms with Gasteiger partial charge in [0, 0.05) is 35.7 Å². The Balaban J connectivity index is 1.46. The lowest BCUT2D eigenvalue weighted by Gasteiger charge is -2.28. The van der Waals surface area contributed by atoms with Gasteiger partial charge in [-0.25, -0.2) is 9.97 Å². The van der Waals surface area contributed by atoms with Gasteiger partial charge in [-0.3, -0.25) is 4.90 Å². The standard InChI is InChI=1S/C18H25N3O2S2/c1-12-2-3-14-15(8-12)25-18-16(14)17(19-11-20-18)24-10-13(22)9-21-4-6-23-7-5-21/h11-13,22H,2-10H2,1H3/t12-,13-/m1/s1. The number of nitrogens with zero attached hydrogens (tertiary/aromatic N) is 3. The molecule has 5 nitrogen and oxygen atoms in total. The van der Waals surface area contributed by atoms with Crippen LogP contribution in [0.5, 0.6) is 0 Å². The van der Waals surface area contributed by atoms with Gasteiger partial charge in [-0.2, -0.15) is 0 Å². The van der Waals surface area contributed by atoms with E-state index in [1.807, 2.05) is 11.3 Å². The average molecular weight is 380 g/mol. The average Bonchev–Trinajstić information content (AvgIpc) is 2.98. The summed E-state index contributed by atoms with van der Waals surface area (Å²) in [4.78, 5) is 13.9. The second-order valence-corrected chi connectivity index (χ2v) is 9.18. The smallest absolute Gasteiger partial charge is 0.128 e. The number of hydrogen-bond acceptors (Lipinski definition) is 7. The van der Waals surface area contributed by atoms with E-state index in [1.165, 1.54) is 28.7 Å². The fourth-order valence-corrected chi connectivity index (χ4v) is 6.02. The molecule has 0 unspecified atom stereocenters. The number of morpholine rings is 1. The number of β-amino-alcohol motifs (C(OH)–C–C–N with tert-alkyl or cyclic N) is 1. The lowest BCUT2D eigenvalue weighted by atomic mass is 9.89. The predicted octanol–water partition coefficient (Wildman–Crippen LogP) is 2.60. The van der Waals surface area contributed by atoms with E-state index in [0.29, 0.717) is 12.3 Å². The SMILES string of the molecule is C[C@@H]1CCc2c(sc3ncnc(SC[C@H](O)CN4CCOCC4)c23)C1. The molecule has 0 radical (unpaired) electrons. The monoisotopic (exact) mass is 379 g/mol. The number of rotatable bonds is 5. The highest BCUT2D eigenvalue weighted by Crippen LogP contribution is 2.40. The van der Waals surface area contributed by atoms with E-state index in [4.69, 9.17) is 4.74 Å². The molecule has 3 heterocycles. The van der Waals surface area contributed by atoms with Crippen LogP contribution < -0.4 is 0 Å². The van der Waals surface area contributed by atoms with Crippen molar-refractivity contribution in [3.8, 4) is 0 Å². The molecule has 0 aromatic carbocycles. The highest BCUT2D eigenvalue weighted by molar-refractivity contribution is 7.99. The van der Waals surface area contributed by atoms with E-state index in [2.05, 4.69) is 21.8 Å². The van der Waals surface area contributed by atoms with Crippen LogP contribution in [0.3, 0.4) is 0 Å². The summed E-state index contributed by atoms with van der Waals surface area (Å²) in [5.74, 6) is 1.43. The van der Waals surface area contributed by atoms with Gasteiger partial charge in [-0.05, 0) is 30.7 Å². The third kappa shape index (κ3) is 4.01. The zero-order valence-corrected chi connectivity index (χ0v) is 16.2. The molecule has 2 atom stereocenters. The first-order chi connectivity index (χ1) is 12.2. The van der Waals surface area contributed by atoms with Gasteiger partial charge in [-0.15, -0.1) is 23.1 Å². The number of thiophene rings is 1. The van der Waals surface area contributed by atoms with Gasteiger partial charge in [0.05, 0.1) is 19.3 Å². The van der Waals surface area contributed by atoms with Crippen molar-refractivity contribution >= 4 is 33.3 Å².